The molecule has 7 heteroatoms. The van der Waals surface area contributed by atoms with Crippen LogP contribution in [-0.2, 0) is 11.3 Å². The maximum atomic E-state index is 13.0. The average molecular weight is 409 g/mol. The summed E-state index contributed by atoms with van der Waals surface area (Å²) in [6, 6.07) is 7.45. The molecule has 0 radical (unpaired) electrons. The molecule has 2 aromatic carbocycles. The summed E-state index contributed by atoms with van der Waals surface area (Å²) >= 11 is 0. The third-order valence-corrected chi connectivity index (χ3v) is 5.52. The summed E-state index contributed by atoms with van der Waals surface area (Å²) in [4.78, 5) is 15.3. The smallest absolute Gasteiger partial charge is 0.231 e. The molecule has 0 aromatic heterocycles. The second kappa shape index (κ2) is 7.66. The summed E-state index contributed by atoms with van der Waals surface area (Å²) < 4.78 is 27.9. The highest BCUT2D eigenvalue weighted by Gasteiger charge is 2.33. The van der Waals surface area contributed by atoms with E-state index in [0.29, 0.717) is 41.9 Å². The van der Waals surface area contributed by atoms with Gasteiger partial charge in [0.1, 0.15) is 18.2 Å². The number of Topliss-reactive ketones (excluding diaryl/α,β-unsaturated/α-hetero) is 1. The second-order valence-electron chi connectivity index (χ2n) is 7.59. The van der Waals surface area contributed by atoms with E-state index in [2.05, 4.69) is 4.90 Å². The first-order chi connectivity index (χ1) is 14.6. The van der Waals surface area contributed by atoms with Crippen LogP contribution in [0.3, 0.4) is 0 Å². The van der Waals surface area contributed by atoms with Gasteiger partial charge in [0.05, 0.1) is 5.56 Å². The van der Waals surface area contributed by atoms with Crippen molar-refractivity contribution in [1.29, 1.82) is 0 Å². The molecule has 0 atom stereocenters. The van der Waals surface area contributed by atoms with Crippen molar-refractivity contribution in [3.63, 3.8) is 0 Å². The summed E-state index contributed by atoms with van der Waals surface area (Å²) in [5.74, 6) is 2.94. The van der Waals surface area contributed by atoms with Crippen molar-refractivity contribution in [1.82, 2.24) is 4.90 Å². The molecule has 30 heavy (non-hydrogen) atoms. The highest BCUT2D eigenvalue weighted by Crippen LogP contribution is 2.43. The Bertz CT molecular complexity index is 1040. The topological polar surface area (TPSA) is 66.5 Å². The summed E-state index contributed by atoms with van der Waals surface area (Å²) in [5.41, 5.74) is 3.27. The Labute approximate surface area is 174 Å². The molecule has 0 bridgehead atoms. The average Bonchev–Trinajstić information content (AvgIpc) is 3.33. The number of ketones is 1. The minimum atomic E-state index is -0.120. The molecule has 0 N–H and O–H groups in total. The highest BCUT2D eigenvalue weighted by atomic mass is 16.7. The van der Waals surface area contributed by atoms with Crippen LogP contribution >= 0.6 is 0 Å². The first kappa shape index (κ1) is 19.0. The zero-order valence-corrected chi connectivity index (χ0v) is 17.0. The van der Waals surface area contributed by atoms with E-state index in [4.69, 9.17) is 23.7 Å². The van der Waals surface area contributed by atoms with Crippen LogP contribution in [0, 0.1) is 6.92 Å². The van der Waals surface area contributed by atoms with Crippen molar-refractivity contribution in [3.8, 4) is 23.0 Å². The first-order valence-electron chi connectivity index (χ1n) is 9.98. The molecule has 5 rings (SSSR count). The third-order valence-electron chi connectivity index (χ3n) is 5.52. The molecule has 0 saturated carbocycles. The van der Waals surface area contributed by atoms with Crippen LogP contribution in [0.2, 0.25) is 0 Å². The molecule has 3 aliphatic heterocycles. The lowest BCUT2D eigenvalue weighted by Gasteiger charge is -2.30. The molecule has 156 valence electrons. The minimum Gasteiger partial charge on any atom is -0.477 e. The van der Waals surface area contributed by atoms with Crippen molar-refractivity contribution < 1.29 is 28.5 Å². The minimum absolute atomic E-state index is 0.120. The van der Waals surface area contributed by atoms with Gasteiger partial charge < -0.3 is 23.7 Å². The van der Waals surface area contributed by atoms with E-state index < -0.39 is 0 Å². The molecule has 0 fully saturated rings. The number of allylic oxidation sites excluding steroid dienone is 1. The van der Waals surface area contributed by atoms with Gasteiger partial charge in [-0.3, -0.25) is 9.69 Å². The van der Waals surface area contributed by atoms with E-state index in [0.717, 1.165) is 42.0 Å². The standard InChI is InChI=1S/C23H23NO6/c1-14-22-16(11-24(12-27-22)6-3-7-26-2)10-17-21(25)20(30-23(14)17)9-15-4-5-18-19(8-15)29-13-28-18/h4-5,8-10H,3,6-7,11-13H2,1-2H3/b20-9-. The Kier molecular flexibility index (Phi) is 4.84. The molecular weight excluding hydrogens is 386 g/mol. The zero-order valence-electron chi connectivity index (χ0n) is 17.0. The molecule has 0 unspecified atom stereocenters. The molecule has 0 aliphatic carbocycles. The maximum Gasteiger partial charge on any atom is 0.231 e. The summed E-state index contributed by atoms with van der Waals surface area (Å²) in [7, 11) is 1.70. The Morgan fingerprint density at radius 2 is 2.00 bits per heavy atom. The fraction of sp³-hybridized carbons (Fsp3) is 0.348. The van der Waals surface area contributed by atoms with E-state index in [1.54, 1.807) is 13.2 Å². The van der Waals surface area contributed by atoms with Crippen LogP contribution < -0.4 is 18.9 Å². The number of carbonyl (C=O) groups excluding carboxylic acids is 1. The molecular formula is C23H23NO6. The molecule has 2 aromatic rings. The van der Waals surface area contributed by atoms with Crippen LogP contribution in [0.4, 0.5) is 0 Å². The van der Waals surface area contributed by atoms with Crippen LogP contribution in [0.25, 0.3) is 6.08 Å². The second-order valence-corrected chi connectivity index (χ2v) is 7.59. The fourth-order valence-electron chi connectivity index (χ4n) is 4.03. The van der Waals surface area contributed by atoms with Gasteiger partial charge in [-0.25, -0.2) is 0 Å². The van der Waals surface area contributed by atoms with Crippen molar-refractivity contribution in [3.05, 3.63) is 52.3 Å². The molecule has 0 spiro atoms. The lowest BCUT2D eigenvalue weighted by Crippen LogP contribution is -2.33. The summed E-state index contributed by atoms with van der Waals surface area (Å²) in [5, 5.41) is 0. The number of hydrogen-bond acceptors (Lipinski definition) is 7. The monoisotopic (exact) mass is 409 g/mol. The van der Waals surface area contributed by atoms with Crippen molar-refractivity contribution in [2.75, 3.05) is 33.8 Å². The normalized spacial score (nSPS) is 18.2. The summed E-state index contributed by atoms with van der Waals surface area (Å²) in [6.07, 6.45) is 2.67. The number of ether oxygens (including phenoxy) is 5. The Hall–Kier alpha value is -3.03. The number of hydrogen-bond donors (Lipinski definition) is 0. The van der Waals surface area contributed by atoms with Gasteiger partial charge in [0, 0.05) is 37.9 Å². The van der Waals surface area contributed by atoms with Gasteiger partial charge in [0.15, 0.2) is 17.3 Å². The SMILES string of the molecule is COCCCN1COc2c(cc3c(c2C)O/C(=C\c2ccc4c(c2)OCO4)C3=O)C1. The highest BCUT2D eigenvalue weighted by molar-refractivity contribution is 6.15. The van der Waals surface area contributed by atoms with Crippen molar-refractivity contribution >= 4 is 11.9 Å². The Morgan fingerprint density at radius 3 is 2.87 bits per heavy atom. The number of benzene rings is 2. The van der Waals surface area contributed by atoms with E-state index >= 15 is 0 Å². The van der Waals surface area contributed by atoms with Gasteiger partial charge >= 0.3 is 0 Å². The molecule has 3 aliphatic rings. The van der Waals surface area contributed by atoms with E-state index in [1.807, 2.05) is 31.2 Å². The van der Waals surface area contributed by atoms with E-state index in [1.165, 1.54) is 0 Å². The number of fused-ring (bicyclic) bond motifs is 3. The van der Waals surface area contributed by atoms with Gasteiger partial charge in [-0.2, -0.15) is 0 Å². The van der Waals surface area contributed by atoms with E-state index in [-0.39, 0.29) is 12.6 Å². The van der Waals surface area contributed by atoms with Crippen LogP contribution in [0.5, 0.6) is 23.0 Å². The zero-order chi connectivity index (χ0) is 20.7. The van der Waals surface area contributed by atoms with Crippen molar-refractivity contribution in [2.45, 2.75) is 19.9 Å². The number of nitrogens with zero attached hydrogens (tertiary/aromatic N) is 1. The molecule has 7 nitrogen and oxygen atoms in total. The van der Waals surface area contributed by atoms with Gasteiger partial charge in [-0.15, -0.1) is 0 Å². The van der Waals surface area contributed by atoms with Crippen LogP contribution in [0.15, 0.2) is 30.0 Å². The quantitative estimate of drug-likeness (QED) is 0.553. The number of rotatable bonds is 5. The molecule has 0 saturated heterocycles. The fourth-order valence-corrected chi connectivity index (χ4v) is 4.03. The molecule has 0 amide bonds. The largest absolute Gasteiger partial charge is 0.477 e. The predicted octanol–water partition coefficient (Wildman–Crippen LogP) is 3.53. The van der Waals surface area contributed by atoms with Gasteiger partial charge in [0.2, 0.25) is 12.6 Å². The lowest BCUT2D eigenvalue weighted by atomic mass is 10.00. The Balaban J connectivity index is 1.41. The van der Waals surface area contributed by atoms with Gasteiger partial charge in [-0.05, 0) is 43.2 Å². The number of methoxy groups -OCH3 is 1. The van der Waals surface area contributed by atoms with Crippen molar-refractivity contribution in [2.24, 2.45) is 0 Å². The predicted molar refractivity (Wildman–Crippen MR) is 109 cm³/mol. The maximum absolute atomic E-state index is 13.0. The summed E-state index contributed by atoms with van der Waals surface area (Å²) in [6.45, 7) is 5.00. The van der Waals surface area contributed by atoms with Gasteiger partial charge in [-0.1, -0.05) is 6.07 Å². The number of carbonyl (C=O) groups is 1. The van der Waals surface area contributed by atoms with E-state index in [9.17, 15) is 4.79 Å². The van der Waals surface area contributed by atoms with Crippen LogP contribution in [0.1, 0.15) is 33.5 Å². The van der Waals surface area contributed by atoms with Crippen LogP contribution in [-0.4, -0.2) is 44.5 Å². The third kappa shape index (κ3) is 3.30. The van der Waals surface area contributed by atoms with Gasteiger partial charge in [0.25, 0.3) is 0 Å². The first-order valence-corrected chi connectivity index (χ1v) is 9.98. The molecule has 3 heterocycles. The Morgan fingerprint density at radius 1 is 1.13 bits per heavy atom. The lowest BCUT2D eigenvalue weighted by molar-refractivity contribution is 0.0826.